The van der Waals surface area contributed by atoms with Crippen LogP contribution in [0.25, 0.3) is 89.2 Å². The van der Waals surface area contributed by atoms with Gasteiger partial charge in [-0.2, -0.15) is 0 Å². The standard InChI is InChI=1S/C45H29N5/c1-3-14-30(15-4-1)43-46-44(31-16-5-2-6-17-31)48-45(47-43)32-18-13-19-33(28-32)49-41-25-12-9-22-37(41)38-29-34(26-27-42(38)49)50-39-23-10-7-20-35(39)36-21-8-11-24-40(36)50/h1-29H/i1D,2D,3D,4D,5D,6D,7D,8D,9D,10D,11D,12D,13D,14D,15D,16D,17D,18D,19D,20D,21D,22D,23D,24D,25D,26D,27D,28D,29D. The second kappa shape index (κ2) is 11.4. The predicted octanol–water partition coefficient (Wildman–Crippen LogP) is 11.1. The van der Waals surface area contributed by atoms with Gasteiger partial charge in [0.1, 0.15) is 0 Å². The lowest BCUT2D eigenvalue weighted by molar-refractivity contribution is 1.07. The Balaban J connectivity index is 1.41. The second-order valence-corrected chi connectivity index (χ2v) is 10.3. The van der Waals surface area contributed by atoms with E-state index in [2.05, 4.69) is 15.0 Å². The molecule has 234 valence electrons. The molecule has 0 saturated heterocycles. The summed E-state index contributed by atoms with van der Waals surface area (Å²) in [5.41, 5.74) is -6.75. The van der Waals surface area contributed by atoms with E-state index in [0.29, 0.717) is 4.57 Å². The first kappa shape index (κ1) is 11.6. The van der Waals surface area contributed by atoms with Crippen molar-refractivity contribution in [1.29, 1.82) is 0 Å². The molecule has 5 heteroatoms. The average molecular weight is 669 g/mol. The largest absolute Gasteiger partial charge is 0.309 e. The molecular weight excluding hydrogens is 611 g/mol. The maximum Gasteiger partial charge on any atom is 0.164 e. The number of nitrogens with zero attached hydrogens (tertiary/aromatic N) is 5. The van der Waals surface area contributed by atoms with E-state index in [0.717, 1.165) is 4.57 Å². The van der Waals surface area contributed by atoms with Crippen LogP contribution in [0, 0.1) is 0 Å². The Bertz CT molecular complexity index is 4320. The van der Waals surface area contributed by atoms with Gasteiger partial charge in [-0.3, -0.25) is 0 Å². The normalized spacial score (nSPS) is 19.7. The smallest absolute Gasteiger partial charge is 0.164 e. The molecule has 10 aromatic rings. The van der Waals surface area contributed by atoms with Gasteiger partial charge in [0.05, 0.1) is 61.8 Å². The van der Waals surface area contributed by atoms with Crippen molar-refractivity contribution >= 4 is 43.6 Å². The third kappa shape index (κ3) is 4.52. The summed E-state index contributed by atoms with van der Waals surface area (Å²) in [7, 11) is 0. The molecule has 0 spiro atoms. The third-order valence-corrected chi connectivity index (χ3v) is 7.54. The van der Waals surface area contributed by atoms with Gasteiger partial charge in [-0.05, 0) is 48.3 Å². The summed E-state index contributed by atoms with van der Waals surface area (Å²) in [6, 6.07) is -26.9. The van der Waals surface area contributed by atoms with Crippen molar-refractivity contribution < 1.29 is 39.8 Å². The highest BCUT2D eigenvalue weighted by Crippen LogP contribution is 2.37. The summed E-state index contributed by atoms with van der Waals surface area (Å²) < 4.78 is 259. The zero-order chi connectivity index (χ0) is 58.3. The van der Waals surface area contributed by atoms with Crippen molar-refractivity contribution in [1.82, 2.24) is 24.1 Å². The fourth-order valence-electron chi connectivity index (χ4n) is 5.48. The van der Waals surface area contributed by atoms with Crippen LogP contribution < -0.4 is 0 Å². The van der Waals surface area contributed by atoms with Crippen molar-refractivity contribution in [3.8, 4) is 45.5 Å². The Morgan fingerprint density at radius 1 is 0.320 bits per heavy atom. The Hall–Kier alpha value is -6.85. The Morgan fingerprint density at radius 3 is 1.26 bits per heavy atom. The van der Waals surface area contributed by atoms with Crippen LogP contribution in [0.2, 0.25) is 0 Å². The minimum Gasteiger partial charge on any atom is -0.309 e. The van der Waals surface area contributed by atoms with Crippen molar-refractivity contribution in [2.45, 2.75) is 0 Å². The van der Waals surface area contributed by atoms with E-state index in [4.69, 9.17) is 28.8 Å². The van der Waals surface area contributed by atoms with Crippen LogP contribution in [0.3, 0.4) is 0 Å². The lowest BCUT2D eigenvalue weighted by Gasteiger charge is -2.12. The summed E-state index contributed by atoms with van der Waals surface area (Å²) in [6.07, 6.45) is 0. The molecule has 0 unspecified atom stereocenters. The first-order chi connectivity index (χ1) is 36.9. The lowest BCUT2D eigenvalue weighted by Crippen LogP contribution is -2.01. The first-order valence-corrected chi connectivity index (χ1v) is 14.4. The molecule has 3 heterocycles. The number of para-hydroxylation sites is 3. The van der Waals surface area contributed by atoms with Gasteiger partial charge in [-0.15, -0.1) is 0 Å². The van der Waals surface area contributed by atoms with Gasteiger partial charge in [0, 0.05) is 49.6 Å². The molecule has 0 fully saturated rings. The van der Waals surface area contributed by atoms with Crippen LogP contribution in [0.15, 0.2) is 175 Å². The minimum absolute atomic E-state index is 0.478. The molecule has 5 nitrogen and oxygen atoms in total. The van der Waals surface area contributed by atoms with E-state index in [1.54, 1.807) is 0 Å². The van der Waals surface area contributed by atoms with Crippen molar-refractivity contribution in [2.75, 3.05) is 0 Å². The monoisotopic (exact) mass is 668 g/mol. The highest BCUT2D eigenvalue weighted by molar-refractivity contribution is 6.12. The van der Waals surface area contributed by atoms with Crippen LogP contribution in [0.5, 0.6) is 0 Å². The van der Waals surface area contributed by atoms with Gasteiger partial charge in [0.25, 0.3) is 0 Å². The molecule has 0 bridgehead atoms. The molecule has 0 atom stereocenters. The van der Waals surface area contributed by atoms with E-state index < -0.39 is 264 Å². The van der Waals surface area contributed by atoms with Crippen LogP contribution in [-0.2, 0) is 0 Å². The Morgan fingerprint density at radius 2 is 0.720 bits per heavy atom. The lowest BCUT2D eigenvalue weighted by atomic mass is 10.1. The zero-order valence-electron chi connectivity index (χ0n) is 53.7. The SMILES string of the molecule is [2H]c1c([2H])c([2H])c(-c2nc(-c3c([2H])c([2H])c([2H])c([2H])c3[2H])nc(-c3c([2H])c([2H])c([2H])c(-n4c5c([2H])c([2H])c([2H])c([2H])c5c5c([2H])c(-n6c7c([2H])c([2H])c([2H])c([2H])c7c7c([2H])c([2H])c([2H])c([2H])c76)c([2H])c([2H])c54)c3[2H])n2)c([2H])c1[2H]. The molecular formula is C45H29N5. The highest BCUT2D eigenvalue weighted by atomic mass is 15.0. The van der Waals surface area contributed by atoms with Gasteiger partial charge < -0.3 is 9.13 Å². The van der Waals surface area contributed by atoms with Crippen LogP contribution in [-0.4, -0.2) is 24.1 Å². The fourth-order valence-corrected chi connectivity index (χ4v) is 5.48. The summed E-state index contributed by atoms with van der Waals surface area (Å²) >= 11 is 0. The van der Waals surface area contributed by atoms with Crippen LogP contribution in [0.1, 0.15) is 39.8 Å². The van der Waals surface area contributed by atoms with Gasteiger partial charge in [-0.1, -0.05) is 127 Å². The number of hydrogen-bond donors (Lipinski definition) is 0. The number of aromatic nitrogens is 5. The molecule has 50 heavy (non-hydrogen) atoms. The molecule has 0 amide bonds. The number of benzene rings is 7. The number of hydrogen-bond acceptors (Lipinski definition) is 3. The Kier molecular flexibility index (Phi) is 2.65. The van der Waals surface area contributed by atoms with Gasteiger partial charge in [0.15, 0.2) is 17.5 Å². The van der Waals surface area contributed by atoms with E-state index in [1.807, 2.05) is 0 Å². The third-order valence-electron chi connectivity index (χ3n) is 7.54. The van der Waals surface area contributed by atoms with Gasteiger partial charge in [-0.25, -0.2) is 15.0 Å². The van der Waals surface area contributed by atoms with Gasteiger partial charge >= 0.3 is 0 Å². The van der Waals surface area contributed by atoms with Gasteiger partial charge in [0.2, 0.25) is 0 Å². The molecule has 0 aliphatic heterocycles. The molecule has 7 aromatic carbocycles. The highest BCUT2D eigenvalue weighted by Gasteiger charge is 2.18. The molecule has 0 aliphatic rings. The van der Waals surface area contributed by atoms with Crippen molar-refractivity contribution in [3.05, 3.63) is 175 Å². The number of rotatable bonds is 5. The average Bonchev–Trinajstić information content (AvgIpc) is 3.59. The summed E-state index contributed by atoms with van der Waals surface area (Å²) in [5.74, 6) is -2.63. The van der Waals surface area contributed by atoms with Crippen LogP contribution in [0.4, 0.5) is 0 Å². The topological polar surface area (TPSA) is 48.5 Å². The van der Waals surface area contributed by atoms with E-state index in [9.17, 15) is 11.0 Å². The van der Waals surface area contributed by atoms with Crippen LogP contribution >= 0.6 is 0 Å². The summed E-state index contributed by atoms with van der Waals surface area (Å²) in [4.78, 5) is 12.7. The quantitative estimate of drug-likeness (QED) is 0.183. The molecule has 0 aliphatic carbocycles. The van der Waals surface area contributed by atoms with E-state index >= 15 is 0 Å². The molecule has 0 saturated carbocycles. The molecule has 10 rings (SSSR count). The maximum absolute atomic E-state index is 9.92. The second-order valence-electron chi connectivity index (χ2n) is 10.3. The molecule has 0 N–H and O–H groups in total. The predicted molar refractivity (Wildman–Crippen MR) is 205 cm³/mol. The maximum atomic E-state index is 9.92. The fraction of sp³-hybridized carbons (Fsp3) is 0. The minimum atomic E-state index is -1.10. The Labute approximate surface area is 329 Å². The summed E-state index contributed by atoms with van der Waals surface area (Å²) in [6.45, 7) is 0. The zero-order valence-corrected chi connectivity index (χ0v) is 24.7. The molecule has 3 aromatic heterocycles. The van der Waals surface area contributed by atoms with E-state index in [1.165, 1.54) is 0 Å². The van der Waals surface area contributed by atoms with E-state index in [-0.39, 0.29) is 0 Å². The molecule has 0 radical (unpaired) electrons. The van der Waals surface area contributed by atoms with Crippen molar-refractivity contribution in [3.63, 3.8) is 0 Å². The van der Waals surface area contributed by atoms with Crippen molar-refractivity contribution in [2.24, 2.45) is 0 Å². The number of fused-ring (bicyclic) bond motifs is 6. The summed E-state index contributed by atoms with van der Waals surface area (Å²) in [5, 5.41) is -2.26. The first-order valence-electron chi connectivity index (χ1n) is 28.9.